The van der Waals surface area contributed by atoms with E-state index in [0.29, 0.717) is 5.92 Å². The molecule has 1 aliphatic rings. The van der Waals surface area contributed by atoms with Gasteiger partial charge < -0.3 is 5.73 Å². The normalized spacial score (nSPS) is 18.2. The summed E-state index contributed by atoms with van der Waals surface area (Å²) in [6.07, 6.45) is 11.0. The maximum absolute atomic E-state index is 6.05. The maximum atomic E-state index is 6.05. The molecule has 1 saturated carbocycles. The van der Waals surface area contributed by atoms with Crippen LogP contribution in [0.5, 0.6) is 0 Å². The van der Waals surface area contributed by atoms with Crippen molar-refractivity contribution in [1.29, 1.82) is 0 Å². The van der Waals surface area contributed by atoms with Gasteiger partial charge in [0.05, 0.1) is 5.84 Å². The second-order valence-electron chi connectivity index (χ2n) is 4.75. The Morgan fingerprint density at radius 1 is 1.35 bits per heavy atom. The van der Waals surface area contributed by atoms with Crippen LogP contribution >= 0.6 is 0 Å². The SMILES string of the molecule is NC(=NCCc1cccnc1)C1CCCCC1. The Morgan fingerprint density at radius 3 is 2.88 bits per heavy atom. The zero-order chi connectivity index (χ0) is 11.9. The van der Waals surface area contributed by atoms with Crippen LogP contribution in [0.15, 0.2) is 29.5 Å². The molecule has 0 aromatic carbocycles. The van der Waals surface area contributed by atoms with Gasteiger partial charge in [0, 0.05) is 24.9 Å². The minimum Gasteiger partial charge on any atom is -0.387 e. The number of amidine groups is 1. The third-order valence-electron chi connectivity index (χ3n) is 3.44. The summed E-state index contributed by atoms with van der Waals surface area (Å²) in [6, 6.07) is 4.04. The first kappa shape index (κ1) is 12.1. The van der Waals surface area contributed by atoms with E-state index < -0.39 is 0 Å². The van der Waals surface area contributed by atoms with Gasteiger partial charge in [-0.1, -0.05) is 25.3 Å². The summed E-state index contributed by atoms with van der Waals surface area (Å²) < 4.78 is 0. The van der Waals surface area contributed by atoms with Crippen molar-refractivity contribution in [3.63, 3.8) is 0 Å². The Balaban J connectivity index is 1.79. The molecular weight excluding hydrogens is 210 g/mol. The average Bonchev–Trinajstić information content (AvgIpc) is 2.41. The Morgan fingerprint density at radius 2 is 2.18 bits per heavy atom. The molecule has 3 nitrogen and oxygen atoms in total. The zero-order valence-corrected chi connectivity index (χ0v) is 10.3. The van der Waals surface area contributed by atoms with Gasteiger partial charge in [0.1, 0.15) is 0 Å². The topological polar surface area (TPSA) is 51.3 Å². The first-order valence-electron chi connectivity index (χ1n) is 6.55. The summed E-state index contributed by atoms with van der Waals surface area (Å²) >= 11 is 0. The summed E-state index contributed by atoms with van der Waals surface area (Å²) in [5.74, 6) is 1.41. The molecule has 1 fully saturated rings. The minimum atomic E-state index is 0.539. The molecule has 0 saturated heterocycles. The van der Waals surface area contributed by atoms with Gasteiger partial charge in [-0.3, -0.25) is 9.98 Å². The second kappa shape index (κ2) is 6.38. The number of aromatic nitrogens is 1. The molecule has 2 N–H and O–H groups in total. The Bertz CT molecular complexity index is 353. The van der Waals surface area contributed by atoms with Gasteiger partial charge in [-0.15, -0.1) is 0 Å². The molecule has 0 atom stereocenters. The quantitative estimate of drug-likeness (QED) is 0.639. The molecule has 1 aromatic rings. The molecule has 0 aliphatic heterocycles. The summed E-state index contributed by atoms with van der Waals surface area (Å²) in [7, 11) is 0. The molecule has 2 rings (SSSR count). The highest BCUT2D eigenvalue weighted by molar-refractivity contribution is 5.82. The first-order chi connectivity index (χ1) is 8.36. The first-order valence-corrected chi connectivity index (χ1v) is 6.55. The maximum Gasteiger partial charge on any atom is 0.0968 e. The Hall–Kier alpha value is -1.38. The summed E-state index contributed by atoms with van der Waals surface area (Å²) in [6.45, 7) is 0.786. The third kappa shape index (κ3) is 3.84. The molecule has 92 valence electrons. The van der Waals surface area contributed by atoms with Gasteiger partial charge in [0.25, 0.3) is 0 Å². The standard InChI is InChI=1S/C14H21N3/c15-14(13-6-2-1-3-7-13)17-10-8-12-5-4-9-16-11-12/h4-5,9,11,13H,1-3,6-8,10H2,(H2,15,17). The number of nitrogens with two attached hydrogens (primary N) is 1. The van der Waals surface area contributed by atoms with Crippen LogP contribution in [-0.4, -0.2) is 17.4 Å². The lowest BCUT2D eigenvalue weighted by atomic mass is 9.88. The van der Waals surface area contributed by atoms with Crippen molar-refractivity contribution in [2.75, 3.05) is 6.54 Å². The molecule has 0 amide bonds. The molecule has 1 aromatic heterocycles. The smallest absolute Gasteiger partial charge is 0.0968 e. The summed E-state index contributed by atoms with van der Waals surface area (Å²) in [5.41, 5.74) is 7.28. The van der Waals surface area contributed by atoms with Crippen LogP contribution < -0.4 is 5.73 Å². The van der Waals surface area contributed by atoms with Crippen LogP contribution in [0.25, 0.3) is 0 Å². The number of pyridine rings is 1. The molecule has 1 aliphatic carbocycles. The number of nitrogens with zero attached hydrogens (tertiary/aromatic N) is 2. The molecule has 0 unspecified atom stereocenters. The molecular formula is C14H21N3. The van der Waals surface area contributed by atoms with E-state index >= 15 is 0 Å². The van der Waals surface area contributed by atoms with E-state index in [0.717, 1.165) is 18.8 Å². The average molecular weight is 231 g/mol. The van der Waals surface area contributed by atoms with Gasteiger partial charge in [-0.05, 0) is 30.9 Å². The largest absolute Gasteiger partial charge is 0.387 e. The Kier molecular flexibility index (Phi) is 4.54. The fourth-order valence-electron chi connectivity index (χ4n) is 2.39. The lowest BCUT2D eigenvalue weighted by Crippen LogP contribution is -2.26. The van der Waals surface area contributed by atoms with Crippen LogP contribution in [0.3, 0.4) is 0 Å². The van der Waals surface area contributed by atoms with E-state index in [2.05, 4.69) is 16.0 Å². The van der Waals surface area contributed by atoms with Crippen LogP contribution in [0, 0.1) is 5.92 Å². The minimum absolute atomic E-state index is 0.539. The molecule has 0 bridgehead atoms. The molecule has 3 heteroatoms. The number of aliphatic imine (C=N–C) groups is 1. The number of rotatable bonds is 4. The molecule has 0 radical (unpaired) electrons. The molecule has 0 spiro atoms. The van der Waals surface area contributed by atoms with Gasteiger partial charge in [-0.2, -0.15) is 0 Å². The van der Waals surface area contributed by atoms with Gasteiger partial charge >= 0.3 is 0 Å². The van der Waals surface area contributed by atoms with Crippen LogP contribution in [0.1, 0.15) is 37.7 Å². The van der Waals surface area contributed by atoms with Crippen molar-refractivity contribution in [3.05, 3.63) is 30.1 Å². The monoisotopic (exact) mass is 231 g/mol. The Labute approximate surface area is 103 Å². The lowest BCUT2D eigenvalue weighted by molar-refractivity contribution is 0.436. The lowest BCUT2D eigenvalue weighted by Gasteiger charge is -2.20. The fourth-order valence-corrected chi connectivity index (χ4v) is 2.39. The molecule has 17 heavy (non-hydrogen) atoms. The van der Waals surface area contributed by atoms with Gasteiger partial charge in [0.15, 0.2) is 0 Å². The van der Waals surface area contributed by atoms with E-state index in [9.17, 15) is 0 Å². The molecule has 1 heterocycles. The zero-order valence-electron chi connectivity index (χ0n) is 10.3. The number of hydrogen-bond donors (Lipinski definition) is 1. The van der Waals surface area contributed by atoms with Crippen molar-refractivity contribution in [1.82, 2.24) is 4.98 Å². The van der Waals surface area contributed by atoms with Crippen LogP contribution in [0.4, 0.5) is 0 Å². The van der Waals surface area contributed by atoms with Gasteiger partial charge in [-0.25, -0.2) is 0 Å². The van der Waals surface area contributed by atoms with Crippen molar-refractivity contribution in [2.24, 2.45) is 16.6 Å². The highest BCUT2D eigenvalue weighted by atomic mass is 14.9. The van der Waals surface area contributed by atoms with Crippen molar-refractivity contribution >= 4 is 5.84 Å². The second-order valence-corrected chi connectivity index (χ2v) is 4.75. The van der Waals surface area contributed by atoms with E-state index in [1.54, 1.807) is 6.20 Å². The van der Waals surface area contributed by atoms with Crippen molar-refractivity contribution in [2.45, 2.75) is 38.5 Å². The fraction of sp³-hybridized carbons (Fsp3) is 0.571. The highest BCUT2D eigenvalue weighted by Gasteiger charge is 2.16. The predicted molar refractivity (Wildman–Crippen MR) is 71.0 cm³/mol. The van der Waals surface area contributed by atoms with Crippen molar-refractivity contribution < 1.29 is 0 Å². The number of hydrogen-bond acceptors (Lipinski definition) is 2. The van der Waals surface area contributed by atoms with E-state index in [4.69, 9.17) is 5.73 Å². The van der Waals surface area contributed by atoms with E-state index in [1.807, 2.05) is 12.3 Å². The van der Waals surface area contributed by atoms with E-state index in [-0.39, 0.29) is 0 Å². The third-order valence-corrected chi connectivity index (χ3v) is 3.44. The van der Waals surface area contributed by atoms with Crippen molar-refractivity contribution in [3.8, 4) is 0 Å². The van der Waals surface area contributed by atoms with Crippen LogP contribution in [0.2, 0.25) is 0 Å². The van der Waals surface area contributed by atoms with E-state index in [1.165, 1.54) is 37.7 Å². The summed E-state index contributed by atoms with van der Waals surface area (Å²) in [4.78, 5) is 8.60. The van der Waals surface area contributed by atoms with Gasteiger partial charge in [0.2, 0.25) is 0 Å². The predicted octanol–water partition coefficient (Wildman–Crippen LogP) is 2.56. The summed E-state index contributed by atoms with van der Waals surface area (Å²) in [5, 5.41) is 0. The van der Waals surface area contributed by atoms with Crippen LogP contribution in [-0.2, 0) is 6.42 Å². The highest BCUT2D eigenvalue weighted by Crippen LogP contribution is 2.23.